The smallest absolute Gasteiger partial charge is 0.163 e. The van der Waals surface area contributed by atoms with Gasteiger partial charge in [-0.15, -0.1) is 0 Å². The molecule has 0 saturated carbocycles. The number of benzene rings is 1. The van der Waals surface area contributed by atoms with E-state index in [9.17, 15) is 0 Å². The van der Waals surface area contributed by atoms with Gasteiger partial charge in [-0.2, -0.15) is 0 Å². The standard InChI is InChI=1S/C12H18O2/c1-9-5-7-11(8-6-9)10(2)12(13-3)14-4/h5-8,10,12H,1-4H3/t10-/m0/s1. The fraction of sp³-hybridized carbons (Fsp3) is 0.500. The second-order valence-corrected chi connectivity index (χ2v) is 3.54. The molecule has 0 fully saturated rings. The minimum absolute atomic E-state index is 0.169. The van der Waals surface area contributed by atoms with Gasteiger partial charge in [0.05, 0.1) is 0 Å². The third-order valence-electron chi connectivity index (χ3n) is 2.48. The van der Waals surface area contributed by atoms with Gasteiger partial charge in [0.25, 0.3) is 0 Å². The van der Waals surface area contributed by atoms with Crippen molar-refractivity contribution in [2.24, 2.45) is 0 Å². The zero-order valence-electron chi connectivity index (χ0n) is 9.28. The third-order valence-corrected chi connectivity index (χ3v) is 2.48. The van der Waals surface area contributed by atoms with Gasteiger partial charge in [0, 0.05) is 20.1 Å². The average Bonchev–Trinajstić information content (AvgIpc) is 2.20. The monoisotopic (exact) mass is 194 g/mol. The number of hydrogen-bond donors (Lipinski definition) is 0. The van der Waals surface area contributed by atoms with E-state index in [1.54, 1.807) is 14.2 Å². The fourth-order valence-electron chi connectivity index (χ4n) is 1.53. The summed E-state index contributed by atoms with van der Waals surface area (Å²) in [6, 6.07) is 8.44. The Morgan fingerprint density at radius 3 is 1.93 bits per heavy atom. The lowest BCUT2D eigenvalue weighted by atomic mass is 9.99. The second kappa shape index (κ2) is 5.13. The van der Waals surface area contributed by atoms with Crippen LogP contribution in [0.2, 0.25) is 0 Å². The first kappa shape index (κ1) is 11.2. The van der Waals surface area contributed by atoms with E-state index in [0.717, 1.165) is 0 Å². The predicted molar refractivity (Wildman–Crippen MR) is 57.4 cm³/mol. The molecule has 14 heavy (non-hydrogen) atoms. The zero-order valence-corrected chi connectivity index (χ0v) is 9.28. The highest BCUT2D eigenvalue weighted by Crippen LogP contribution is 2.21. The highest BCUT2D eigenvalue weighted by molar-refractivity contribution is 5.24. The molecule has 0 bridgehead atoms. The highest BCUT2D eigenvalue weighted by Gasteiger charge is 2.17. The molecule has 0 aliphatic rings. The lowest BCUT2D eigenvalue weighted by Gasteiger charge is -2.21. The van der Waals surface area contributed by atoms with E-state index in [1.165, 1.54) is 11.1 Å². The fourth-order valence-corrected chi connectivity index (χ4v) is 1.53. The van der Waals surface area contributed by atoms with Gasteiger partial charge >= 0.3 is 0 Å². The Labute approximate surface area is 85.8 Å². The minimum atomic E-state index is -0.169. The quantitative estimate of drug-likeness (QED) is 0.686. The van der Waals surface area contributed by atoms with Crippen LogP contribution in [0, 0.1) is 6.92 Å². The highest BCUT2D eigenvalue weighted by atomic mass is 16.7. The summed E-state index contributed by atoms with van der Waals surface area (Å²) in [4.78, 5) is 0. The van der Waals surface area contributed by atoms with Crippen molar-refractivity contribution in [2.45, 2.75) is 26.1 Å². The van der Waals surface area contributed by atoms with Gasteiger partial charge in [0.2, 0.25) is 0 Å². The summed E-state index contributed by atoms with van der Waals surface area (Å²) in [7, 11) is 3.33. The Morgan fingerprint density at radius 1 is 1.00 bits per heavy atom. The molecule has 0 N–H and O–H groups in total. The number of aryl methyl sites for hydroxylation is 1. The molecule has 0 radical (unpaired) electrons. The van der Waals surface area contributed by atoms with Crippen molar-refractivity contribution in [3.8, 4) is 0 Å². The maximum Gasteiger partial charge on any atom is 0.163 e. The Bertz CT molecular complexity index is 262. The maximum atomic E-state index is 5.22. The Kier molecular flexibility index (Phi) is 4.11. The average molecular weight is 194 g/mol. The molecule has 1 atom stereocenters. The van der Waals surface area contributed by atoms with E-state index < -0.39 is 0 Å². The molecule has 1 rings (SSSR count). The lowest BCUT2D eigenvalue weighted by molar-refractivity contribution is -0.115. The van der Waals surface area contributed by atoms with Crippen LogP contribution in [-0.4, -0.2) is 20.5 Å². The number of methoxy groups -OCH3 is 2. The first-order chi connectivity index (χ1) is 6.69. The molecule has 0 unspecified atom stereocenters. The normalized spacial score (nSPS) is 13.2. The zero-order chi connectivity index (χ0) is 10.6. The van der Waals surface area contributed by atoms with Crippen molar-refractivity contribution >= 4 is 0 Å². The number of rotatable bonds is 4. The molecule has 2 nitrogen and oxygen atoms in total. The molecule has 0 aromatic heterocycles. The van der Waals surface area contributed by atoms with Gasteiger partial charge in [-0.25, -0.2) is 0 Å². The van der Waals surface area contributed by atoms with E-state index in [2.05, 4.69) is 38.1 Å². The van der Waals surface area contributed by atoms with Crippen LogP contribution in [0.3, 0.4) is 0 Å². The van der Waals surface area contributed by atoms with Crippen molar-refractivity contribution in [2.75, 3.05) is 14.2 Å². The topological polar surface area (TPSA) is 18.5 Å². The summed E-state index contributed by atoms with van der Waals surface area (Å²) < 4.78 is 10.4. The SMILES string of the molecule is COC(OC)[C@@H](C)c1ccc(C)cc1. The van der Waals surface area contributed by atoms with Crippen LogP contribution in [0.15, 0.2) is 24.3 Å². The maximum absolute atomic E-state index is 5.22. The summed E-state index contributed by atoms with van der Waals surface area (Å²) >= 11 is 0. The molecule has 0 aliphatic heterocycles. The first-order valence-corrected chi connectivity index (χ1v) is 4.81. The van der Waals surface area contributed by atoms with Crippen LogP contribution in [0.25, 0.3) is 0 Å². The molecule has 0 heterocycles. The first-order valence-electron chi connectivity index (χ1n) is 4.81. The second-order valence-electron chi connectivity index (χ2n) is 3.54. The Balaban J connectivity index is 2.77. The van der Waals surface area contributed by atoms with Crippen molar-refractivity contribution < 1.29 is 9.47 Å². The molecule has 78 valence electrons. The van der Waals surface area contributed by atoms with Crippen LogP contribution in [0.4, 0.5) is 0 Å². The van der Waals surface area contributed by atoms with E-state index in [-0.39, 0.29) is 12.2 Å². The predicted octanol–water partition coefficient (Wildman–Crippen LogP) is 2.72. The van der Waals surface area contributed by atoms with Gasteiger partial charge < -0.3 is 9.47 Å². The van der Waals surface area contributed by atoms with Crippen molar-refractivity contribution in [1.82, 2.24) is 0 Å². The van der Waals surface area contributed by atoms with Crippen molar-refractivity contribution in [3.05, 3.63) is 35.4 Å². The van der Waals surface area contributed by atoms with Gasteiger partial charge in [0.15, 0.2) is 6.29 Å². The van der Waals surface area contributed by atoms with Crippen LogP contribution in [0.1, 0.15) is 24.0 Å². The van der Waals surface area contributed by atoms with Crippen LogP contribution >= 0.6 is 0 Å². The lowest BCUT2D eigenvalue weighted by Crippen LogP contribution is -2.20. The summed E-state index contributed by atoms with van der Waals surface area (Å²) in [5.41, 5.74) is 2.51. The van der Waals surface area contributed by atoms with Crippen molar-refractivity contribution in [1.29, 1.82) is 0 Å². The molecule has 1 aromatic rings. The number of hydrogen-bond acceptors (Lipinski definition) is 2. The summed E-state index contributed by atoms with van der Waals surface area (Å²) in [5.74, 6) is 0.255. The molecule has 2 heteroatoms. The van der Waals surface area contributed by atoms with Gasteiger partial charge in [0.1, 0.15) is 0 Å². The van der Waals surface area contributed by atoms with Crippen LogP contribution in [-0.2, 0) is 9.47 Å². The largest absolute Gasteiger partial charge is 0.355 e. The van der Waals surface area contributed by atoms with Gasteiger partial charge in [-0.3, -0.25) is 0 Å². The molecule has 0 saturated heterocycles. The van der Waals surface area contributed by atoms with E-state index in [1.807, 2.05) is 0 Å². The molecular formula is C12H18O2. The Morgan fingerprint density at radius 2 is 1.50 bits per heavy atom. The van der Waals surface area contributed by atoms with E-state index in [4.69, 9.17) is 9.47 Å². The molecule has 1 aromatic carbocycles. The molecule has 0 spiro atoms. The Hall–Kier alpha value is -0.860. The van der Waals surface area contributed by atoms with Crippen molar-refractivity contribution in [3.63, 3.8) is 0 Å². The summed E-state index contributed by atoms with van der Waals surface area (Å²) in [6.45, 7) is 4.18. The van der Waals surface area contributed by atoms with E-state index >= 15 is 0 Å². The van der Waals surface area contributed by atoms with Gasteiger partial charge in [-0.05, 0) is 12.5 Å². The number of ether oxygens (including phenoxy) is 2. The summed E-state index contributed by atoms with van der Waals surface area (Å²) in [5, 5.41) is 0. The van der Waals surface area contributed by atoms with Gasteiger partial charge in [-0.1, -0.05) is 36.8 Å². The van der Waals surface area contributed by atoms with Crippen LogP contribution in [0.5, 0.6) is 0 Å². The van der Waals surface area contributed by atoms with E-state index in [0.29, 0.717) is 0 Å². The summed E-state index contributed by atoms with van der Waals surface area (Å²) in [6.07, 6.45) is -0.169. The minimum Gasteiger partial charge on any atom is -0.355 e. The third kappa shape index (κ3) is 2.56. The van der Waals surface area contributed by atoms with Crippen LogP contribution < -0.4 is 0 Å². The molecule has 0 aliphatic carbocycles. The molecule has 0 amide bonds. The molecular weight excluding hydrogens is 176 g/mol.